The molecule has 0 heterocycles. The Labute approximate surface area is 51.8 Å². The van der Waals surface area contributed by atoms with E-state index in [4.69, 9.17) is 9.42 Å². The minimum absolute atomic E-state index is 0.520. The average molecular weight is 136 g/mol. The van der Waals surface area contributed by atoms with Gasteiger partial charge < -0.3 is 9.42 Å². The van der Waals surface area contributed by atoms with Crippen LogP contribution in [0, 0.1) is 5.92 Å². The van der Waals surface area contributed by atoms with Crippen LogP contribution in [-0.4, -0.2) is 18.2 Å². The Morgan fingerprint density at radius 3 is 2.25 bits per heavy atom. The molecule has 0 amide bonds. The summed E-state index contributed by atoms with van der Waals surface area (Å²) in [5.41, 5.74) is 0. The van der Waals surface area contributed by atoms with Crippen LogP contribution in [0.2, 0.25) is 0 Å². The Bertz CT molecular complexity index is 46.4. The molecule has 3 heteroatoms. The molecule has 0 saturated heterocycles. The van der Waals surface area contributed by atoms with E-state index in [1.54, 1.807) is 6.66 Å². The smallest absolute Gasteiger partial charge is 0.164 e. The summed E-state index contributed by atoms with van der Waals surface area (Å²) in [7, 11) is -1.13. The minimum Gasteiger partial charge on any atom is -0.350 e. The highest BCUT2D eigenvalue weighted by Gasteiger charge is 1.96. The zero-order valence-electron chi connectivity index (χ0n) is 5.59. The van der Waals surface area contributed by atoms with Crippen molar-refractivity contribution in [3.8, 4) is 0 Å². The fraction of sp³-hybridized carbons (Fsp3) is 1.00. The van der Waals surface area contributed by atoms with Crippen molar-refractivity contribution in [1.29, 1.82) is 0 Å². The fourth-order valence-corrected chi connectivity index (χ4v) is 0.771. The SMILES string of the molecule is CC(C)COP(C)O. The lowest BCUT2D eigenvalue weighted by molar-refractivity contribution is 0.271. The van der Waals surface area contributed by atoms with Gasteiger partial charge in [0.05, 0.1) is 6.61 Å². The fourth-order valence-electron chi connectivity index (χ4n) is 0.257. The van der Waals surface area contributed by atoms with Crippen molar-refractivity contribution in [2.24, 2.45) is 5.92 Å². The van der Waals surface area contributed by atoms with E-state index in [9.17, 15) is 0 Å². The summed E-state index contributed by atoms with van der Waals surface area (Å²) in [5, 5.41) is 0. The molecule has 0 saturated carbocycles. The van der Waals surface area contributed by atoms with E-state index in [0.717, 1.165) is 0 Å². The van der Waals surface area contributed by atoms with Gasteiger partial charge in [0.2, 0.25) is 0 Å². The molecule has 0 aromatic rings. The molecule has 0 aromatic carbocycles. The molecule has 50 valence electrons. The van der Waals surface area contributed by atoms with Gasteiger partial charge in [-0.15, -0.1) is 0 Å². The van der Waals surface area contributed by atoms with Crippen LogP contribution < -0.4 is 0 Å². The molecule has 1 unspecified atom stereocenters. The number of hydrogen-bond acceptors (Lipinski definition) is 2. The largest absolute Gasteiger partial charge is 0.350 e. The van der Waals surface area contributed by atoms with Gasteiger partial charge in [0.15, 0.2) is 8.38 Å². The third-order valence-electron chi connectivity index (χ3n) is 0.595. The van der Waals surface area contributed by atoms with Gasteiger partial charge in [0.1, 0.15) is 0 Å². The van der Waals surface area contributed by atoms with Gasteiger partial charge in [-0.05, 0) is 5.92 Å². The van der Waals surface area contributed by atoms with Gasteiger partial charge in [-0.1, -0.05) is 13.8 Å². The normalized spacial score (nSPS) is 14.6. The van der Waals surface area contributed by atoms with Crippen LogP contribution in [0.3, 0.4) is 0 Å². The molecule has 0 aliphatic carbocycles. The lowest BCUT2D eigenvalue weighted by atomic mass is 10.2. The van der Waals surface area contributed by atoms with Crippen molar-refractivity contribution in [2.45, 2.75) is 13.8 Å². The van der Waals surface area contributed by atoms with Crippen LogP contribution in [0.15, 0.2) is 0 Å². The van der Waals surface area contributed by atoms with E-state index >= 15 is 0 Å². The maximum Gasteiger partial charge on any atom is 0.164 e. The molecule has 2 nitrogen and oxygen atoms in total. The van der Waals surface area contributed by atoms with Crippen molar-refractivity contribution in [3.63, 3.8) is 0 Å². The molecule has 0 bridgehead atoms. The Morgan fingerprint density at radius 2 is 2.12 bits per heavy atom. The number of rotatable bonds is 3. The third kappa shape index (κ3) is 6.35. The Balaban J connectivity index is 2.93. The molecule has 0 aliphatic heterocycles. The van der Waals surface area contributed by atoms with Gasteiger partial charge in [0.25, 0.3) is 0 Å². The molecule has 0 aromatic heterocycles. The highest BCUT2D eigenvalue weighted by atomic mass is 31.2. The molecule has 8 heavy (non-hydrogen) atoms. The van der Waals surface area contributed by atoms with Crippen LogP contribution in [0.1, 0.15) is 13.8 Å². The molecule has 0 rings (SSSR count). The first kappa shape index (κ1) is 8.35. The van der Waals surface area contributed by atoms with Gasteiger partial charge in [0, 0.05) is 6.66 Å². The highest BCUT2D eigenvalue weighted by molar-refractivity contribution is 7.45. The molecule has 0 spiro atoms. The number of hydrogen-bond donors (Lipinski definition) is 1. The van der Waals surface area contributed by atoms with Crippen molar-refractivity contribution in [2.75, 3.05) is 13.3 Å². The molecule has 0 fully saturated rings. The Hall–Kier alpha value is 0.350. The minimum atomic E-state index is -1.13. The van der Waals surface area contributed by atoms with Gasteiger partial charge in [-0.2, -0.15) is 0 Å². The first-order valence-electron chi connectivity index (χ1n) is 2.68. The summed E-state index contributed by atoms with van der Waals surface area (Å²) in [6, 6.07) is 0. The predicted molar refractivity (Wildman–Crippen MR) is 35.9 cm³/mol. The van der Waals surface area contributed by atoms with Crippen LogP contribution in [0.4, 0.5) is 0 Å². The van der Waals surface area contributed by atoms with Gasteiger partial charge in [-0.3, -0.25) is 0 Å². The molecular weight excluding hydrogens is 123 g/mol. The van der Waals surface area contributed by atoms with Crippen molar-refractivity contribution >= 4 is 8.38 Å². The van der Waals surface area contributed by atoms with Crippen molar-refractivity contribution in [1.82, 2.24) is 0 Å². The summed E-state index contributed by atoms with van der Waals surface area (Å²) in [6.07, 6.45) is 0. The Morgan fingerprint density at radius 1 is 1.62 bits per heavy atom. The van der Waals surface area contributed by atoms with E-state index < -0.39 is 8.38 Å². The second-order valence-electron chi connectivity index (χ2n) is 2.15. The van der Waals surface area contributed by atoms with Crippen LogP contribution >= 0.6 is 8.38 Å². The maximum absolute atomic E-state index is 8.64. The van der Waals surface area contributed by atoms with E-state index in [1.165, 1.54) is 0 Å². The zero-order chi connectivity index (χ0) is 6.57. The van der Waals surface area contributed by atoms with Gasteiger partial charge in [-0.25, -0.2) is 0 Å². The quantitative estimate of drug-likeness (QED) is 0.597. The van der Waals surface area contributed by atoms with E-state index in [0.29, 0.717) is 12.5 Å². The third-order valence-corrected chi connectivity index (χ3v) is 1.12. The van der Waals surface area contributed by atoms with Crippen molar-refractivity contribution in [3.05, 3.63) is 0 Å². The summed E-state index contributed by atoms with van der Waals surface area (Å²) >= 11 is 0. The molecule has 0 radical (unpaired) electrons. The summed E-state index contributed by atoms with van der Waals surface area (Å²) in [4.78, 5) is 8.64. The highest BCUT2D eigenvalue weighted by Crippen LogP contribution is 2.25. The van der Waals surface area contributed by atoms with Crippen LogP contribution in [-0.2, 0) is 4.52 Å². The summed E-state index contributed by atoms with van der Waals surface area (Å²) in [5.74, 6) is 0.520. The van der Waals surface area contributed by atoms with Crippen LogP contribution in [0.25, 0.3) is 0 Å². The summed E-state index contributed by atoms with van der Waals surface area (Å²) in [6.45, 7) is 6.45. The van der Waals surface area contributed by atoms with E-state index in [1.807, 2.05) is 0 Å². The topological polar surface area (TPSA) is 29.5 Å². The first-order valence-corrected chi connectivity index (χ1v) is 4.34. The van der Waals surface area contributed by atoms with Crippen LogP contribution in [0.5, 0.6) is 0 Å². The molecule has 0 aliphatic rings. The average Bonchev–Trinajstić information content (AvgIpc) is 1.61. The van der Waals surface area contributed by atoms with E-state index in [-0.39, 0.29) is 0 Å². The Kier molecular flexibility index (Phi) is 4.44. The van der Waals surface area contributed by atoms with Gasteiger partial charge >= 0.3 is 0 Å². The lowest BCUT2D eigenvalue weighted by Gasteiger charge is -2.06. The van der Waals surface area contributed by atoms with Crippen molar-refractivity contribution < 1.29 is 9.42 Å². The first-order chi connectivity index (χ1) is 3.63. The summed E-state index contributed by atoms with van der Waals surface area (Å²) < 4.78 is 4.92. The molecule has 1 atom stereocenters. The molecular formula is C5H13O2P. The second kappa shape index (κ2) is 4.25. The van der Waals surface area contributed by atoms with E-state index in [2.05, 4.69) is 13.8 Å². The molecule has 1 N–H and O–H groups in total. The second-order valence-corrected chi connectivity index (χ2v) is 3.34. The standard InChI is InChI=1S/C5H13O2P/c1-5(2)4-7-8(3)6/h5-6H,4H2,1-3H3. The predicted octanol–water partition coefficient (Wildman–Crippen LogP) is 1.59. The lowest BCUT2D eigenvalue weighted by Crippen LogP contribution is -1.96. The zero-order valence-corrected chi connectivity index (χ0v) is 6.48. The maximum atomic E-state index is 8.64. The monoisotopic (exact) mass is 136 g/mol.